The summed E-state index contributed by atoms with van der Waals surface area (Å²) < 4.78 is 69.3. The summed E-state index contributed by atoms with van der Waals surface area (Å²) >= 11 is 20.6. The fraction of sp³-hybridized carbons (Fsp3) is 0.303. The van der Waals surface area contributed by atoms with Gasteiger partial charge in [-0.2, -0.15) is 18.2 Å². The molecule has 1 saturated carbocycles. The minimum absolute atomic E-state index is 0.0849. The standard InChI is InChI=1S/C33H22Cl3F5N4O5/c1-43(26-20(34)11-12-22(42-26)33(39,40)41)45-27(47)17-10-9-16-19(23(17)28(45)48)13-31(35)29(49)44(15-7-5-14(37)6-8-15)30(50)32(31,36)24(16)18-3-2-4-21(38)25(18)46/h2-9,11-12,17,19,23-24,46H,10,13H2,1H3/t17-,19+,23-,24+,31+,32-/m0/s1. The lowest BCUT2D eigenvalue weighted by Crippen LogP contribution is -2.60. The maximum absolute atomic E-state index is 14.9. The molecule has 260 valence electrons. The molecule has 7 rings (SSSR count). The summed E-state index contributed by atoms with van der Waals surface area (Å²) in [6.07, 6.45) is -4.00. The first-order chi connectivity index (χ1) is 23.4. The van der Waals surface area contributed by atoms with Crippen molar-refractivity contribution in [2.24, 2.45) is 17.8 Å². The van der Waals surface area contributed by atoms with Crippen molar-refractivity contribution in [3.8, 4) is 5.75 Å². The van der Waals surface area contributed by atoms with Crippen LogP contribution in [0.3, 0.4) is 0 Å². The highest BCUT2D eigenvalue weighted by atomic mass is 35.5. The maximum Gasteiger partial charge on any atom is 0.433 e. The number of carbonyl (C=O) groups excluding carboxylic acids is 4. The first-order valence-corrected chi connectivity index (χ1v) is 16.1. The van der Waals surface area contributed by atoms with Crippen molar-refractivity contribution in [1.29, 1.82) is 0 Å². The minimum Gasteiger partial charge on any atom is -0.505 e. The summed E-state index contributed by atoms with van der Waals surface area (Å²) in [7, 11) is 1.14. The molecule has 0 unspecified atom stereocenters. The molecule has 2 aromatic carbocycles. The van der Waals surface area contributed by atoms with Gasteiger partial charge in [-0.15, -0.1) is 23.2 Å². The number of aromatic hydroxyl groups is 1. The summed E-state index contributed by atoms with van der Waals surface area (Å²) in [6.45, 7) is 0. The lowest BCUT2D eigenvalue weighted by molar-refractivity contribution is -0.141. The number of pyridine rings is 1. The van der Waals surface area contributed by atoms with Crippen molar-refractivity contribution < 1.29 is 46.2 Å². The molecule has 2 aliphatic heterocycles. The second-order valence-electron chi connectivity index (χ2n) is 12.4. The number of alkyl halides is 5. The summed E-state index contributed by atoms with van der Waals surface area (Å²) in [5.74, 6) is -12.1. The number of hydrazine groups is 1. The van der Waals surface area contributed by atoms with Crippen molar-refractivity contribution in [2.45, 2.75) is 34.7 Å². The number of carbonyl (C=O) groups is 4. The second kappa shape index (κ2) is 11.4. The average molecular weight is 756 g/mol. The Hall–Kier alpha value is -4.27. The van der Waals surface area contributed by atoms with Crippen molar-refractivity contribution >= 4 is 69.9 Å². The third kappa shape index (κ3) is 4.60. The van der Waals surface area contributed by atoms with E-state index in [0.717, 1.165) is 48.5 Å². The van der Waals surface area contributed by atoms with Crippen LogP contribution in [0.15, 0.2) is 66.2 Å². The highest BCUT2D eigenvalue weighted by Gasteiger charge is 2.77. The predicted octanol–water partition coefficient (Wildman–Crippen LogP) is 6.35. The Kier molecular flexibility index (Phi) is 7.78. The summed E-state index contributed by atoms with van der Waals surface area (Å²) in [6, 6.07) is 9.34. The minimum atomic E-state index is -4.87. The third-order valence-corrected chi connectivity index (χ3v) is 11.6. The van der Waals surface area contributed by atoms with Crippen LogP contribution < -0.4 is 9.91 Å². The molecular formula is C33H22Cl3F5N4O5. The molecule has 17 heteroatoms. The molecule has 4 amide bonds. The SMILES string of the molecule is CN(c1nc(C(F)(F)F)ccc1Cl)N1C(=O)[C@H]2[C@H](CC=C3[C@H]2C[C@@]2(Cl)C(=O)N(c4ccc(F)cc4)C(=O)[C@@]2(Cl)[C@H]3c2cccc(F)c2O)C1=O. The molecule has 1 N–H and O–H groups in total. The van der Waals surface area contributed by atoms with E-state index in [-0.39, 0.29) is 28.3 Å². The van der Waals surface area contributed by atoms with Crippen LogP contribution in [0.25, 0.3) is 0 Å². The first-order valence-electron chi connectivity index (χ1n) is 15.0. The number of fused-ring (bicyclic) bond motifs is 4. The van der Waals surface area contributed by atoms with Crippen LogP contribution in [0.2, 0.25) is 5.02 Å². The smallest absolute Gasteiger partial charge is 0.433 e. The zero-order valence-electron chi connectivity index (χ0n) is 25.4. The van der Waals surface area contributed by atoms with Gasteiger partial charge in [-0.3, -0.25) is 24.2 Å². The monoisotopic (exact) mass is 754 g/mol. The molecule has 3 heterocycles. The van der Waals surface area contributed by atoms with Gasteiger partial charge in [0, 0.05) is 18.5 Å². The van der Waals surface area contributed by atoms with Crippen LogP contribution in [0, 0.1) is 29.4 Å². The van der Waals surface area contributed by atoms with Crippen LogP contribution in [0.4, 0.5) is 33.5 Å². The Morgan fingerprint density at radius 2 is 1.62 bits per heavy atom. The van der Waals surface area contributed by atoms with E-state index in [1.807, 2.05) is 0 Å². The molecule has 50 heavy (non-hydrogen) atoms. The van der Waals surface area contributed by atoms with Gasteiger partial charge in [0.15, 0.2) is 27.1 Å². The molecule has 4 aliphatic rings. The van der Waals surface area contributed by atoms with Crippen molar-refractivity contribution in [3.05, 3.63) is 94.2 Å². The molecule has 0 radical (unpaired) electrons. The molecule has 3 aromatic rings. The van der Waals surface area contributed by atoms with Gasteiger partial charge in [0.1, 0.15) is 11.5 Å². The number of imide groups is 2. The predicted molar refractivity (Wildman–Crippen MR) is 169 cm³/mol. The number of benzene rings is 2. The van der Waals surface area contributed by atoms with Crippen molar-refractivity contribution in [3.63, 3.8) is 0 Å². The Labute approximate surface area is 294 Å². The number of aromatic nitrogens is 1. The molecule has 9 nitrogen and oxygen atoms in total. The molecule has 3 fully saturated rings. The number of rotatable bonds is 4. The highest BCUT2D eigenvalue weighted by Crippen LogP contribution is 2.66. The van der Waals surface area contributed by atoms with Crippen LogP contribution in [0.1, 0.15) is 30.0 Å². The quantitative estimate of drug-likeness (QED) is 0.143. The van der Waals surface area contributed by atoms with Crippen LogP contribution in [0.5, 0.6) is 5.75 Å². The summed E-state index contributed by atoms with van der Waals surface area (Å²) in [4.78, 5) is 56.2. The van der Waals surface area contributed by atoms with E-state index < -0.39 is 98.5 Å². The number of nitrogens with zero attached hydrogens (tertiary/aromatic N) is 4. The molecule has 2 saturated heterocycles. The Balaban J connectivity index is 1.36. The molecule has 2 aliphatic carbocycles. The van der Waals surface area contributed by atoms with Crippen molar-refractivity contribution in [1.82, 2.24) is 9.99 Å². The molecule has 6 atom stereocenters. The first kappa shape index (κ1) is 34.2. The van der Waals surface area contributed by atoms with E-state index in [1.54, 1.807) is 0 Å². The van der Waals surface area contributed by atoms with Crippen molar-refractivity contribution in [2.75, 3.05) is 17.0 Å². The Bertz CT molecular complexity index is 2050. The highest BCUT2D eigenvalue weighted by molar-refractivity contribution is 6.58. The van der Waals surface area contributed by atoms with Crippen LogP contribution >= 0.6 is 34.8 Å². The second-order valence-corrected chi connectivity index (χ2v) is 14.1. The van der Waals surface area contributed by atoms with E-state index >= 15 is 0 Å². The zero-order chi connectivity index (χ0) is 36.2. The van der Waals surface area contributed by atoms with Gasteiger partial charge in [-0.25, -0.2) is 18.7 Å². The van der Waals surface area contributed by atoms with Gasteiger partial charge in [-0.1, -0.05) is 35.4 Å². The number of halogens is 8. The Morgan fingerprint density at radius 1 is 0.940 bits per heavy atom. The largest absolute Gasteiger partial charge is 0.505 e. The number of hydrogen-bond donors (Lipinski definition) is 1. The van der Waals surface area contributed by atoms with E-state index in [4.69, 9.17) is 34.8 Å². The fourth-order valence-corrected chi connectivity index (χ4v) is 8.85. The zero-order valence-corrected chi connectivity index (χ0v) is 27.7. The lowest BCUT2D eigenvalue weighted by atomic mass is 9.56. The van der Waals surface area contributed by atoms with E-state index in [0.29, 0.717) is 16.0 Å². The number of anilines is 2. The van der Waals surface area contributed by atoms with Gasteiger partial charge in [0.2, 0.25) is 0 Å². The van der Waals surface area contributed by atoms with E-state index in [2.05, 4.69) is 4.98 Å². The molecule has 1 aromatic heterocycles. The van der Waals surface area contributed by atoms with Gasteiger partial charge >= 0.3 is 6.18 Å². The topological polar surface area (TPSA) is 111 Å². The van der Waals surface area contributed by atoms with Gasteiger partial charge < -0.3 is 5.11 Å². The number of hydrogen-bond acceptors (Lipinski definition) is 7. The Morgan fingerprint density at radius 3 is 2.28 bits per heavy atom. The number of allylic oxidation sites excluding steroid dienone is 2. The normalized spacial score (nSPS) is 29.2. The number of phenolic OH excluding ortho intramolecular Hbond substituents is 1. The molecule has 0 bridgehead atoms. The van der Waals surface area contributed by atoms with Gasteiger partial charge in [0.25, 0.3) is 23.6 Å². The average Bonchev–Trinajstić information content (AvgIpc) is 3.40. The van der Waals surface area contributed by atoms with Crippen LogP contribution in [-0.4, -0.2) is 55.5 Å². The summed E-state index contributed by atoms with van der Waals surface area (Å²) in [5.41, 5.74) is -1.43. The van der Waals surface area contributed by atoms with Gasteiger partial charge in [-0.05, 0) is 61.2 Å². The van der Waals surface area contributed by atoms with Gasteiger partial charge in [0.05, 0.1) is 22.5 Å². The number of phenols is 1. The van der Waals surface area contributed by atoms with E-state index in [1.165, 1.54) is 18.2 Å². The fourth-order valence-electron chi connectivity index (χ4n) is 7.70. The molecular weight excluding hydrogens is 734 g/mol. The lowest BCUT2D eigenvalue weighted by Gasteiger charge is -2.50. The third-order valence-electron chi connectivity index (χ3n) is 9.93. The number of amides is 4. The van der Waals surface area contributed by atoms with Crippen LogP contribution in [-0.2, 0) is 25.4 Å². The maximum atomic E-state index is 14.9. The molecule has 0 spiro atoms. The number of para-hydroxylation sites is 1. The van der Waals surface area contributed by atoms with E-state index in [9.17, 15) is 46.2 Å². The summed E-state index contributed by atoms with van der Waals surface area (Å²) in [5, 5.41) is 12.1.